The summed E-state index contributed by atoms with van der Waals surface area (Å²) in [6.07, 6.45) is 1.29. The van der Waals surface area contributed by atoms with Crippen LogP contribution in [0, 0.1) is 6.92 Å². The first-order valence-electron chi connectivity index (χ1n) is 6.75. The quantitative estimate of drug-likeness (QED) is 0.547. The van der Waals surface area contributed by atoms with Gasteiger partial charge in [0.1, 0.15) is 11.5 Å². The predicted molar refractivity (Wildman–Crippen MR) is 98.2 cm³/mol. The van der Waals surface area contributed by atoms with Crippen LogP contribution in [-0.2, 0) is 4.79 Å². The van der Waals surface area contributed by atoms with Gasteiger partial charge in [0.25, 0.3) is 5.91 Å². The number of rotatable bonds is 5. The van der Waals surface area contributed by atoms with E-state index < -0.39 is 5.91 Å². The Morgan fingerprint density at radius 2 is 2.08 bits per heavy atom. The van der Waals surface area contributed by atoms with Crippen molar-refractivity contribution < 1.29 is 14.6 Å². The number of phenolic OH excluding ortho intramolecular Hbond substituents is 1. The van der Waals surface area contributed by atoms with E-state index in [1.54, 1.807) is 24.3 Å². The highest BCUT2D eigenvalue weighted by Gasteiger charge is 2.07. The zero-order chi connectivity index (χ0) is 17.7. The second-order valence-corrected chi connectivity index (χ2v) is 6.54. The normalized spacial score (nSPS) is 10.8. The third-order valence-corrected chi connectivity index (χ3v) is 4.00. The largest absolute Gasteiger partial charge is 0.506 e. The standard InChI is InChI=1S/C16H13BrCl2N2O3/c1-9-4-11(18)2-3-14(9)24-8-15(22)21-20-7-10-5-12(19)6-13(17)16(10)23/h2-7,23H,8H2,1H3,(H,21,22)/b20-7+. The van der Waals surface area contributed by atoms with Crippen molar-refractivity contribution in [2.45, 2.75) is 6.92 Å². The summed E-state index contributed by atoms with van der Waals surface area (Å²) in [6.45, 7) is 1.63. The molecule has 0 aliphatic heterocycles. The van der Waals surface area contributed by atoms with E-state index in [-0.39, 0.29) is 12.4 Å². The number of carbonyl (C=O) groups is 1. The van der Waals surface area contributed by atoms with Crippen LogP contribution in [-0.4, -0.2) is 23.8 Å². The molecule has 0 spiro atoms. The average molecular weight is 432 g/mol. The third-order valence-electron chi connectivity index (χ3n) is 2.95. The van der Waals surface area contributed by atoms with Crippen LogP contribution in [0.3, 0.4) is 0 Å². The summed E-state index contributed by atoms with van der Waals surface area (Å²) in [5.41, 5.74) is 3.50. The highest BCUT2D eigenvalue weighted by atomic mass is 79.9. The van der Waals surface area contributed by atoms with Gasteiger partial charge in [-0.25, -0.2) is 5.43 Å². The summed E-state index contributed by atoms with van der Waals surface area (Å²) in [5, 5.41) is 14.6. The first kappa shape index (κ1) is 18.6. The summed E-state index contributed by atoms with van der Waals surface area (Å²) in [7, 11) is 0. The van der Waals surface area contributed by atoms with Gasteiger partial charge < -0.3 is 9.84 Å². The molecule has 0 saturated heterocycles. The van der Waals surface area contributed by atoms with E-state index >= 15 is 0 Å². The van der Waals surface area contributed by atoms with Crippen molar-refractivity contribution in [3.8, 4) is 11.5 Å². The van der Waals surface area contributed by atoms with Crippen LogP contribution < -0.4 is 10.2 Å². The maximum Gasteiger partial charge on any atom is 0.277 e. The van der Waals surface area contributed by atoms with E-state index in [1.165, 1.54) is 12.3 Å². The van der Waals surface area contributed by atoms with Gasteiger partial charge in [-0.3, -0.25) is 4.79 Å². The van der Waals surface area contributed by atoms with Gasteiger partial charge in [0.2, 0.25) is 0 Å². The Kier molecular flexibility index (Phi) is 6.48. The Balaban J connectivity index is 1.91. The number of nitrogens with one attached hydrogen (secondary N) is 1. The molecule has 8 heteroatoms. The minimum absolute atomic E-state index is 0.0227. The molecule has 0 aliphatic rings. The molecular formula is C16H13BrCl2N2O3. The number of hydrogen-bond acceptors (Lipinski definition) is 4. The Labute approximate surface area is 157 Å². The number of nitrogens with zero attached hydrogens (tertiary/aromatic N) is 1. The Bertz CT molecular complexity index is 797. The zero-order valence-corrected chi connectivity index (χ0v) is 15.6. The van der Waals surface area contributed by atoms with E-state index in [1.807, 2.05) is 6.92 Å². The lowest BCUT2D eigenvalue weighted by molar-refractivity contribution is -0.123. The molecule has 5 nitrogen and oxygen atoms in total. The summed E-state index contributed by atoms with van der Waals surface area (Å²) in [4.78, 5) is 11.7. The van der Waals surface area contributed by atoms with Crippen LogP contribution in [0.5, 0.6) is 11.5 Å². The number of halogens is 3. The molecule has 2 N–H and O–H groups in total. The lowest BCUT2D eigenvalue weighted by Gasteiger charge is -2.08. The molecule has 2 aromatic rings. The maximum atomic E-state index is 11.7. The van der Waals surface area contributed by atoms with Gasteiger partial charge in [0.05, 0.1) is 10.7 Å². The molecule has 1 amide bonds. The van der Waals surface area contributed by atoms with E-state index in [2.05, 4.69) is 26.5 Å². The van der Waals surface area contributed by atoms with Crippen LogP contribution in [0.4, 0.5) is 0 Å². The fourth-order valence-electron chi connectivity index (χ4n) is 1.81. The van der Waals surface area contributed by atoms with Gasteiger partial charge in [-0.1, -0.05) is 23.2 Å². The lowest BCUT2D eigenvalue weighted by atomic mass is 10.2. The summed E-state index contributed by atoms with van der Waals surface area (Å²) < 4.78 is 5.83. The second kappa shape index (κ2) is 8.37. The van der Waals surface area contributed by atoms with E-state index in [0.717, 1.165) is 5.56 Å². The number of ether oxygens (including phenoxy) is 1. The minimum atomic E-state index is -0.443. The molecule has 0 radical (unpaired) electrons. The van der Waals surface area contributed by atoms with Crippen LogP contribution in [0.2, 0.25) is 10.0 Å². The van der Waals surface area contributed by atoms with E-state index in [0.29, 0.717) is 25.8 Å². The van der Waals surface area contributed by atoms with Crippen molar-refractivity contribution in [2.75, 3.05) is 6.61 Å². The number of hydrogen-bond donors (Lipinski definition) is 2. The predicted octanol–water partition coefficient (Wildman–Crippen LogP) is 4.30. The number of hydrazone groups is 1. The molecule has 0 bridgehead atoms. The number of phenols is 1. The van der Waals surface area contributed by atoms with E-state index in [9.17, 15) is 9.90 Å². The molecule has 0 aromatic heterocycles. The molecule has 0 saturated carbocycles. The molecular weight excluding hydrogens is 419 g/mol. The number of benzene rings is 2. The van der Waals surface area contributed by atoms with Crippen molar-refractivity contribution in [3.63, 3.8) is 0 Å². The van der Waals surface area contributed by atoms with E-state index in [4.69, 9.17) is 27.9 Å². The minimum Gasteiger partial charge on any atom is -0.506 e. The zero-order valence-electron chi connectivity index (χ0n) is 12.5. The number of aryl methyl sites for hydroxylation is 1. The van der Waals surface area contributed by atoms with Crippen molar-refractivity contribution >= 4 is 51.3 Å². The fraction of sp³-hybridized carbons (Fsp3) is 0.125. The van der Waals surface area contributed by atoms with Crippen LogP contribution in [0.1, 0.15) is 11.1 Å². The monoisotopic (exact) mass is 430 g/mol. The van der Waals surface area contributed by atoms with Crippen molar-refractivity contribution in [1.82, 2.24) is 5.43 Å². The Morgan fingerprint density at radius 1 is 1.33 bits per heavy atom. The molecule has 126 valence electrons. The maximum absolute atomic E-state index is 11.7. The molecule has 24 heavy (non-hydrogen) atoms. The van der Waals surface area contributed by atoms with Crippen LogP contribution in [0.15, 0.2) is 39.9 Å². The molecule has 0 fully saturated rings. The van der Waals surface area contributed by atoms with Crippen LogP contribution in [0.25, 0.3) is 0 Å². The van der Waals surface area contributed by atoms with Crippen molar-refractivity contribution in [1.29, 1.82) is 0 Å². The number of carbonyl (C=O) groups excluding carboxylic acids is 1. The summed E-state index contributed by atoms with van der Waals surface area (Å²) >= 11 is 14.9. The molecule has 2 aromatic carbocycles. The number of aromatic hydroxyl groups is 1. The van der Waals surface area contributed by atoms with Gasteiger partial charge in [-0.15, -0.1) is 0 Å². The lowest BCUT2D eigenvalue weighted by Crippen LogP contribution is -2.24. The molecule has 0 unspecified atom stereocenters. The highest BCUT2D eigenvalue weighted by molar-refractivity contribution is 9.10. The summed E-state index contributed by atoms with van der Waals surface area (Å²) in [6, 6.07) is 8.18. The van der Waals surface area contributed by atoms with Crippen molar-refractivity contribution in [3.05, 3.63) is 56.0 Å². The fourth-order valence-corrected chi connectivity index (χ4v) is 2.87. The number of amides is 1. The SMILES string of the molecule is Cc1cc(Cl)ccc1OCC(=O)N/N=C/c1cc(Cl)cc(Br)c1O. The van der Waals surface area contributed by atoms with Gasteiger partial charge in [0.15, 0.2) is 6.61 Å². The average Bonchev–Trinajstić information content (AvgIpc) is 2.51. The van der Waals surface area contributed by atoms with Gasteiger partial charge in [0, 0.05) is 15.6 Å². The van der Waals surface area contributed by atoms with Gasteiger partial charge in [-0.2, -0.15) is 5.10 Å². The molecule has 0 aliphatic carbocycles. The topological polar surface area (TPSA) is 70.9 Å². The second-order valence-electron chi connectivity index (χ2n) is 4.82. The third kappa shape index (κ3) is 5.12. The first-order valence-corrected chi connectivity index (χ1v) is 8.30. The summed E-state index contributed by atoms with van der Waals surface area (Å²) in [5.74, 6) is 0.0987. The Hall–Kier alpha value is -1.76. The van der Waals surface area contributed by atoms with Crippen LogP contribution >= 0.6 is 39.1 Å². The highest BCUT2D eigenvalue weighted by Crippen LogP contribution is 2.30. The Morgan fingerprint density at radius 3 is 2.79 bits per heavy atom. The first-order chi connectivity index (χ1) is 11.4. The van der Waals surface area contributed by atoms with Gasteiger partial charge >= 0.3 is 0 Å². The smallest absolute Gasteiger partial charge is 0.277 e. The molecule has 0 heterocycles. The molecule has 0 atom stereocenters. The molecule has 2 rings (SSSR count). The van der Waals surface area contributed by atoms with Crippen molar-refractivity contribution in [2.24, 2.45) is 5.10 Å². The van der Waals surface area contributed by atoms with Gasteiger partial charge in [-0.05, 0) is 58.7 Å².